The molecule has 0 aliphatic heterocycles. The fourth-order valence-electron chi connectivity index (χ4n) is 1.20. The summed E-state index contributed by atoms with van der Waals surface area (Å²) in [5.74, 6) is -0.0340. The maximum atomic E-state index is 12.7. The Bertz CT molecular complexity index is 543. The normalized spacial score (nSPS) is 10.0. The lowest BCUT2D eigenvalue weighted by molar-refractivity contribution is 0.628. The van der Waals surface area contributed by atoms with Gasteiger partial charge >= 0.3 is 0 Å². The van der Waals surface area contributed by atoms with Crippen LogP contribution in [0.15, 0.2) is 35.6 Å². The standard InChI is InChI=1S/C10H7ClFN5/c11-10-14-5-8(17-13)9(16-10)15-7-3-1-6(12)2-4-7/h1-5,13H,(H,14,15,16). The van der Waals surface area contributed by atoms with Crippen LogP contribution in [-0.2, 0) is 0 Å². The van der Waals surface area contributed by atoms with E-state index in [4.69, 9.17) is 17.1 Å². The molecule has 7 heteroatoms. The maximum absolute atomic E-state index is 12.7. The van der Waals surface area contributed by atoms with Gasteiger partial charge in [0, 0.05) is 5.69 Å². The summed E-state index contributed by atoms with van der Waals surface area (Å²) in [6.07, 6.45) is 1.33. The van der Waals surface area contributed by atoms with E-state index >= 15 is 0 Å². The quantitative estimate of drug-likeness (QED) is 0.645. The van der Waals surface area contributed by atoms with Gasteiger partial charge < -0.3 is 5.32 Å². The number of halogens is 2. The third-order valence-electron chi connectivity index (χ3n) is 1.97. The maximum Gasteiger partial charge on any atom is 0.224 e. The third-order valence-corrected chi connectivity index (χ3v) is 2.15. The van der Waals surface area contributed by atoms with Crippen LogP contribution in [0.2, 0.25) is 5.28 Å². The summed E-state index contributed by atoms with van der Waals surface area (Å²) in [4.78, 5) is 7.60. The first-order valence-electron chi connectivity index (χ1n) is 4.61. The van der Waals surface area contributed by atoms with Gasteiger partial charge in [-0.3, -0.25) is 0 Å². The number of nitrogens with one attached hydrogen (secondary N) is 2. The fraction of sp³-hybridized carbons (Fsp3) is 0. The molecule has 0 bridgehead atoms. The van der Waals surface area contributed by atoms with Crippen LogP contribution in [0.5, 0.6) is 0 Å². The largest absolute Gasteiger partial charge is 0.338 e. The first-order chi connectivity index (χ1) is 8.19. The Morgan fingerprint density at radius 2 is 2.00 bits per heavy atom. The van der Waals surface area contributed by atoms with Crippen molar-refractivity contribution in [2.75, 3.05) is 5.32 Å². The fourth-order valence-corrected chi connectivity index (χ4v) is 1.33. The molecule has 0 aliphatic rings. The van der Waals surface area contributed by atoms with Crippen molar-refractivity contribution >= 4 is 28.8 Å². The molecular formula is C10H7ClFN5. The molecule has 86 valence electrons. The molecule has 1 aromatic carbocycles. The molecule has 17 heavy (non-hydrogen) atoms. The molecule has 0 aliphatic carbocycles. The molecule has 0 amide bonds. The summed E-state index contributed by atoms with van der Waals surface area (Å²) < 4.78 is 12.7. The number of hydrogen-bond donors (Lipinski definition) is 2. The van der Waals surface area contributed by atoms with E-state index in [0.29, 0.717) is 11.5 Å². The second-order valence-corrected chi connectivity index (χ2v) is 3.45. The number of aromatic nitrogens is 2. The highest BCUT2D eigenvalue weighted by Gasteiger charge is 2.06. The molecule has 2 aromatic rings. The first kappa shape index (κ1) is 11.4. The molecule has 2 N–H and O–H groups in total. The summed E-state index contributed by atoms with van der Waals surface area (Å²) in [6.45, 7) is 0. The van der Waals surface area contributed by atoms with Crippen molar-refractivity contribution in [3.8, 4) is 0 Å². The van der Waals surface area contributed by atoms with Crippen LogP contribution in [0.3, 0.4) is 0 Å². The van der Waals surface area contributed by atoms with Gasteiger partial charge in [-0.05, 0) is 35.9 Å². The first-order valence-corrected chi connectivity index (χ1v) is 4.99. The SMILES string of the molecule is N=Nc1cnc(Cl)nc1Nc1ccc(F)cc1. The van der Waals surface area contributed by atoms with Crippen LogP contribution in [0, 0.1) is 11.3 Å². The predicted octanol–water partition coefficient (Wildman–Crippen LogP) is 3.68. The smallest absolute Gasteiger partial charge is 0.224 e. The molecule has 1 heterocycles. The minimum absolute atomic E-state index is 0.0435. The van der Waals surface area contributed by atoms with Gasteiger partial charge in [0.05, 0.1) is 6.20 Å². The van der Waals surface area contributed by atoms with Crippen molar-refractivity contribution in [1.29, 1.82) is 5.53 Å². The van der Waals surface area contributed by atoms with Crippen LogP contribution >= 0.6 is 11.6 Å². The molecule has 1 aromatic heterocycles. The number of hydrogen-bond acceptors (Lipinski definition) is 5. The Hall–Kier alpha value is -2.08. The van der Waals surface area contributed by atoms with Gasteiger partial charge in [-0.25, -0.2) is 14.9 Å². The van der Waals surface area contributed by atoms with Crippen LogP contribution in [0.1, 0.15) is 0 Å². The Morgan fingerprint density at radius 1 is 1.29 bits per heavy atom. The summed E-state index contributed by atoms with van der Waals surface area (Å²) >= 11 is 5.64. The average molecular weight is 252 g/mol. The highest BCUT2D eigenvalue weighted by atomic mass is 35.5. The highest BCUT2D eigenvalue weighted by molar-refractivity contribution is 6.28. The molecule has 5 nitrogen and oxygen atoms in total. The molecule has 2 rings (SSSR count). The third kappa shape index (κ3) is 2.73. The van der Waals surface area contributed by atoms with Gasteiger partial charge in [-0.15, -0.1) is 0 Å². The minimum Gasteiger partial charge on any atom is -0.338 e. The van der Waals surface area contributed by atoms with Crippen LogP contribution in [0.25, 0.3) is 0 Å². The zero-order valence-electron chi connectivity index (χ0n) is 8.48. The van der Waals surface area contributed by atoms with Crippen LogP contribution in [-0.4, -0.2) is 9.97 Å². The number of benzene rings is 1. The summed E-state index contributed by atoms with van der Waals surface area (Å²) in [7, 11) is 0. The van der Waals surface area contributed by atoms with E-state index in [0.717, 1.165) is 0 Å². The van der Waals surface area contributed by atoms with Gasteiger partial charge in [0.1, 0.15) is 11.5 Å². The average Bonchev–Trinajstić information content (AvgIpc) is 2.32. The monoisotopic (exact) mass is 251 g/mol. The second kappa shape index (κ2) is 4.84. The van der Waals surface area contributed by atoms with Crippen molar-refractivity contribution in [1.82, 2.24) is 9.97 Å². The van der Waals surface area contributed by atoms with Gasteiger partial charge in [0.25, 0.3) is 0 Å². The molecule has 0 radical (unpaired) electrons. The van der Waals surface area contributed by atoms with Gasteiger partial charge in [-0.1, -0.05) is 0 Å². The topological polar surface area (TPSA) is 74.0 Å². The van der Waals surface area contributed by atoms with Crippen molar-refractivity contribution in [3.05, 3.63) is 41.6 Å². The van der Waals surface area contributed by atoms with E-state index in [2.05, 4.69) is 20.4 Å². The zero-order chi connectivity index (χ0) is 12.3. The van der Waals surface area contributed by atoms with Gasteiger partial charge in [-0.2, -0.15) is 10.1 Å². The molecule has 0 saturated heterocycles. The second-order valence-electron chi connectivity index (χ2n) is 3.12. The van der Waals surface area contributed by atoms with E-state index in [-0.39, 0.29) is 16.8 Å². The van der Waals surface area contributed by atoms with Crippen molar-refractivity contribution in [3.63, 3.8) is 0 Å². The van der Waals surface area contributed by atoms with Crippen molar-refractivity contribution in [2.24, 2.45) is 5.11 Å². The number of nitrogens with zero attached hydrogens (tertiary/aromatic N) is 3. The Morgan fingerprint density at radius 3 is 2.65 bits per heavy atom. The van der Waals surface area contributed by atoms with E-state index in [1.165, 1.54) is 18.3 Å². The Labute approximate surface area is 101 Å². The Kier molecular flexibility index (Phi) is 3.24. The molecular weight excluding hydrogens is 245 g/mol. The molecule has 0 unspecified atom stereocenters. The van der Waals surface area contributed by atoms with E-state index < -0.39 is 0 Å². The van der Waals surface area contributed by atoms with Crippen molar-refractivity contribution in [2.45, 2.75) is 0 Å². The van der Waals surface area contributed by atoms with E-state index in [1.54, 1.807) is 12.1 Å². The van der Waals surface area contributed by atoms with Gasteiger partial charge in [0.2, 0.25) is 5.28 Å². The molecule has 0 atom stereocenters. The van der Waals surface area contributed by atoms with Crippen LogP contribution in [0.4, 0.5) is 21.6 Å². The van der Waals surface area contributed by atoms with Crippen molar-refractivity contribution < 1.29 is 4.39 Å². The number of anilines is 2. The lowest BCUT2D eigenvalue weighted by Crippen LogP contribution is -1.95. The van der Waals surface area contributed by atoms with E-state index in [1.807, 2.05) is 0 Å². The lowest BCUT2D eigenvalue weighted by atomic mass is 10.3. The Balaban J connectivity index is 2.31. The zero-order valence-corrected chi connectivity index (χ0v) is 9.24. The lowest BCUT2D eigenvalue weighted by Gasteiger charge is -2.07. The summed E-state index contributed by atoms with van der Waals surface area (Å²) in [6, 6.07) is 5.70. The molecule has 0 fully saturated rings. The van der Waals surface area contributed by atoms with E-state index in [9.17, 15) is 4.39 Å². The summed E-state index contributed by atoms with van der Waals surface area (Å²) in [5.41, 5.74) is 7.82. The molecule has 0 spiro atoms. The predicted molar refractivity (Wildman–Crippen MR) is 61.5 cm³/mol. The van der Waals surface area contributed by atoms with Gasteiger partial charge in [0.15, 0.2) is 5.82 Å². The van der Waals surface area contributed by atoms with Crippen LogP contribution < -0.4 is 5.32 Å². The summed E-state index contributed by atoms with van der Waals surface area (Å²) in [5, 5.41) is 6.17. The highest BCUT2D eigenvalue weighted by Crippen LogP contribution is 2.26. The minimum atomic E-state index is -0.332. The number of rotatable bonds is 3. The molecule has 0 saturated carbocycles.